The number of carbonyl (C=O) groups is 3. The molecule has 5 rings (SSSR count). The molecule has 1 spiro atoms. The fourth-order valence-electron chi connectivity index (χ4n) is 6.13. The summed E-state index contributed by atoms with van der Waals surface area (Å²) in [5, 5.41) is 11.9. The van der Waals surface area contributed by atoms with Crippen LogP contribution in [0, 0.1) is 20.9 Å². The Kier molecular flexibility index (Phi) is 6.88. The third-order valence-electron chi connectivity index (χ3n) is 7.66. The highest BCUT2D eigenvalue weighted by Gasteiger charge is 2.65. The maximum atomic E-state index is 14.4. The molecular formula is C28H26ClNO5S2. The van der Waals surface area contributed by atoms with E-state index in [0.717, 1.165) is 21.3 Å². The van der Waals surface area contributed by atoms with E-state index in [1.165, 1.54) is 12.1 Å². The van der Waals surface area contributed by atoms with Crippen molar-refractivity contribution in [3.05, 3.63) is 84.6 Å². The van der Waals surface area contributed by atoms with Crippen molar-refractivity contribution >= 4 is 58.2 Å². The molecule has 1 aliphatic heterocycles. The highest BCUT2D eigenvalue weighted by atomic mass is 35.5. The van der Waals surface area contributed by atoms with E-state index in [1.807, 2.05) is 13.8 Å². The van der Waals surface area contributed by atoms with Crippen LogP contribution in [0.1, 0.15) is 56.1 Å². The van der Waals surface area contributed by atoms with Gasteiger partial charge in [-0.3, -0.25) is 24.5 Å². The molecule has 2 aliphatic carbocycles. The van der Waals surface area contributed by atoms with Crippen molar-refractivity contribution in [2.45, 2.75) is 44.9 Å². The van der Waals surface area contributed by atoms with Crippen LogP contribution in [0.2, 0.25) is 5.02 Å². The van der Waals surface area contributed by atoms with Crippen LogP contribution >= 0.6 is 35.1 Å². The molecule has 3 fully saturated rings. The van der Waals surface area contributed by atoms with Gasteiger partial charge in [-0.1, -0.05) is 49.7 Å². The molecule has 0 bridgehead atoms. The molecule has 2 aromatic rings. The summed E-state index contributed by atoms with van der Waals surface area (Å²) in [6.07, 6.45) is 0.468. The summed E-state index contributed by atoms with van der Waals surface area (Å²) in [4.78, 5) is 53.5. The van der Waals surface area contributed by atoms with E-state index in [9.17, 15) is 24.5 Å². The minimum atomic E-state index is -1.49. The second kappa shape index (κ2) is 9.71. The van der Waals surface area contributed by atoms with Crippen LogP contribution in [0.5, 0.6) is 0 Å². The summed E-state index contributed by atoms with van der Waals surface area (Å²) >= 11 is 9.32. The lowest BCUT2D eigenvalue weighted by atomic mass is 9.47. The number of hydrogen-bond acceptors (Lipinski definition) is 7. The molecule has 0 amide bonds. The van der Waals surface area contributed by atoms with Gasteiger partial charge in [0.1, 0.15) is 17.0 Å². The van der Waals surface area contributed by atoms with Gasteiger partial charge in [-0.15, -0.1) is 23.5 Å². The quantitative estimate of drug-likeness (QED) is 0.179. The molecule has 192 valence electrons. The summed E-state index contributed by atoms with van der Waals surface area (Å²) < 4.78 is 0.854. The normalized spacial score (nSPS) is 25.1. The van der Waals surface area contributed by atoms with Crippen molar-refractivity contribution in [3.8, 4) is 0 Å². The van der Waals surface area contributed by atoms with Gasteiger partial charge in [-0.05, 0) is 28.7 Å². The lowest BCUT2D eigenvalue weighted by molar-refractivity contribution is -0.384. The highest BCUT2D eigenvalue weighted by Crippen LogP contribution is 2.63. The Morgan fingerprint density at radius 2 is 1.43 bits per heavy atom. The van der Waals surface area contributed by atoms with E-state index in [4.69, 9.17) is 11.6 Å². The number of rotatable bonds is 3. The Morgan fingerprint density at radius 3 is 1.97 bits per heavy atom. The Bertz CT molecular complexity index is 1310. The average molecular weight is 556 g/mol. The Hall–Kier alpha value is -2.42. The SMILES string of the molecule is CC1(C)CC(=O)C2(C(=O)C1)[C@@H](c1ccc(Cl)cc1)CC(=O)C(=C1SCCS1)[C@H]2c1ccc([N+](=O)[O-])cc1. The molecule has 0 N–H and O–H groups in total. The minimum absolute atomic E-state index is 0.0446. The smallest absolute Gasteiger partial charge is 0.269 e. The first-order chi connectivity index (χ1) is 17.5. The number of hydrogen-bond donors (Lipinski definition) is 0. The van der Waals surface area contributed by atoms with Gasteiger partial charge >= 0.3 is 0 Å². The van der Waals surface area contributed by atoms with E-state index in [0.29, 0.717) is 16.2 Å². The monoisotopic (exact) mass is 555 g/mol. The molecule has 6 nitrogen and oxygen atoms in total. The van der Waals surface area contributed by atoms with Gasteiger partial charge in [0.15, 0.2) is 5.78 Å². The lowest BCUT2D eigenvalue weighted by Gasteiger charge is -2.52. The second-order valence-electron chi connectivity index (χ2n) is 10.6. The Balaban J connectivity index is 1.81. The summed E-state index contributed by atoms with van der Waals surface area (Å²) in [6, 6.07) is 13.0. The van der Waals surface area contributed by atoms with Crippen molar-refractivity contribution in [3.63, 3.8) is 0 Å². The number of nitrogens with zero attached hydrogens (tertiary/aromatic N) is 1. The molecule has 2 atom stereocenters. The predicted octanol–water partition coefficient (Wildman–Crippen LogP) is 6.72. The van der Waals surface area contributed by atoms with Crippen molar-refractivity contribution in [2.75, 3.05) is 11.5 Å². The number of ketones is 3. The number of benzene rings is 2. The first-order valence-electron chi connectivity index (χ1n) is 12.1. The van der Waals surface area contributed by atoms with Crippen LogP contribution in [-0.4, -0.2) is 33.8 Å². The molecule has 1 heterocycles. The molecular weight excluding hydrogens is 530 g/mol. The molecule has 0 aromatic heterocycles. The van der Waals surface area contributed by atoms with Crippen LogP contribution in [0.4, 0.5) is 5.69 Å². The van der Waals surface area contributed by atoms with Crippen LogP contribution in [0.3, 0.4) is 0 Å². The van der Waals surface area contributed by atoms with Gasteiger partial charge in [0.25, 0.3) is 5.69 Å². The number of carbonyl (C=O) groups excluding carboxylic acids is 3. The molecule has 1 saturated heterocycles. The van der Waals surface area contributed by atoms with Crippen molar-refractivity contribution < 1.29 is 19.3 Å². The van der Waals surface area contributed by atoms with Gasteiger partial charge in [-0.2, -0.15) is 0 Å². The minimum Gasteiger partial charge on any atom is -0.299 e. The third-order valence-corrected chi connectivity index (χ3v) is 10.7. The van der Waals surface area contributed by atoms with E-state index in [1.54, 1.807) is 59.9 Å². The number of thioether (sulfide) groups is 2. The number of allylic oxidation sites excluding steroid dienone is 1. The summed E-state index contributed by atoms with van der Waals surface area (Å²) in [6.45, 7) is 3.84. The summed E-state index contributed by atoms with van der Waals surface area (Å²) in [7, 11) is 0. The first-order valence-corrected chi connectivity index (χ1v) is 14.5. The topological polar surface area (TPSA) is 94.3 Å². The van der Waals surface area contributed by atoms with Crippen molar-refractivity contribution in [1.29, 1.82) is 0 Å². The van der Waals surface area contributed by atoms with Gasteiger partial charge < -0.3 is 0 Å². The summed E-state index contributed by atoms with van der Waals surface area (Å²) in [5.41, 5.74) is -0.255. The van der Waals surface area contributed by atoms with Crippen LogP contribution in [-0.2, 0) is 14.4 Å². The Labute approximate surface area is 228 Å². The predicted molar refractivity (Wildman–Crippen MR) is 147 cm³/mol. The van der Waals surface area contributed by atoms with E-state index in [2.05, 4.69) is 0 Å². The zero-order valence-corrected chi connectivity index (χ0v) is 22.9. The third kappa shape index (κ3) is 4.47. The van der Waals surface area contributed by atoms with Gasteiger partial charge in [0.2, 0.25) is 0 Å². The van der Waals surface area contributed by atoms with E-state index >= 15 is 0 Å². The fraction of sp³-hybridized carbons (Fsp3) is 0.393. The number of halogens is 1. The molecule has 0 radical (unpaired) electrons. The lowest BCUT2D eigenvalue weighted by Crippen LogP contribution is -2.58. The van der Waals surface area contributed by atoms with E-state index in [-0.39, 0.29) is 42.3 Å². The zero-order chi connectivity index (χ0) is 26.5. The van der Waals surface area contributed by atoms with Gasteiger partial charge in [0.05, 0.1) is 4.92 Å². The highest BCUT2D eigenvalue weighted by molar-refractivity contribution is 8.25. The molecule has 2 aromatic carbocycles. The van der Waals surface area contributed by atoms with Gasteiger partial charge in [0, 0.05) is 69.6 Å². The molecule has 3 aliphatic rings. The second-order valence-corrected chi connectivity index (χ2v) is 13.5. The zero-order valence-electron chi connectivity index (χ0n) is 20.5. The molecule has 2 saturated carbocycles. The van der Waals surface area contributed by atoms with Gasteiger partial charge in [-0.25, -0.2) is 0 Å². The van der Waals surface area contributed by atoms with Crippen LogP contribution in [0.15, 0.2) is 58.3 Å². The molecule has 9 heteroatoms. The Morgan fingerprint density at radius 1 is 0.892 bits per heavy atom. The molecule has 0 unspecified atom stereocenters. The average Bonchev–Trinajstić information content (AvgIpc) is 3.37. The number of nitro groups is 1. The number of nitro benzene ring substituents is 1. The van der Waals surface area contributed by atoms with Crippen molar-refractivity contribution in [1.82, 2.24) is 0 Å². The number of non-ortho nitro benzene ring substituents is 1. The largest absolute Gasteiger partial charge is 0.299 e. The van der Waals surface area contributed by atoms with Crippen LogP contribution < -0.4 is 0 Å². The van der Waals surface area contributed by atoms with E-state index < -0.39 is 27.6 Å². The maximum Gasteiger partial charge on any atom is 0.269 e. The standard InChI is InChI=1S/C28H26ClNO5S2/c1-27(2)14-22(32)28(23(33)15-27)20(16-3-7-18(29)8-4-16)13-21(31)24(26-36-11-12-37-26)25(28)17-5-9-19(10-6-17)30(34)35/h3-10,20,25H,11-15H2,1-2H3/t20-,25-/m1/s1. The van der Waals surface area contributed by atoms with Crippen molar-refractivity contribution in [2.24, 2.45) is 10.8 Å². The molecule has 37 heavy (non-hydrogen) atoms. The summed E-state index contributed by atoms with van der Waals surface area (Å²) in [5.74, 6) is -0.227. The maximum absolute atomic E-state index is 14.4. The number of Topliss-reactive ketones (excluding diaryl/α,β-unsaturated/α-hetero) is 3. The first kappa shape index (κ1) is 26.2. The van der Waals surface area contributed by atoms with Crippen LogP contribution in [0.25, 0.3) is 0 Å². The fourth-order valence-corrected chi connectivity index (χ4v) is 8.90.